The van der Waals surface area contributed by atoms with Crippen molar-refractivity contribution >= 4 is 17.4 Å². The van der Waals surface area contributed by atoms with Gasteiger partial charge in [-0.2, -0.15) is 11.8 Å². The molecule has 0 radical (unpaired) electrons. The van der Waals surface area contributed by atoms with E-state index >= 15 is 0 Å². The lowest BCUT2D eigenvalue weighted by Gasteiger charge is -2.08. The van der Waals surface area contributed by atoms with Crippen LogP contribution in [0.2, 0.25) is 0 Å². The molecule has 0 aromatic heterocycles. The lowest BCUT2D eigenvalue weighted by Crippen LogP contribution is -2.12. The van der Waals surface area contributed by atoms with Crippen molar-refractivity contribution in [3.05, 3.63) is 33.9 Å². The summed E-state index contributed by atoms with van der Waals surface area (Å²) in [5.74, 6) is 2.46. The van der Waals surface area contributed by atoms with Crippen LogP contribution in [0.15, 0.2) is 18.2 Å². The van der Waals surface area contributed by atoms with Gasteiger partial charge in [0.1, 0.15) is 0 Å². The summed E-state index contributed by atoms with van der Waals surface area (Å²) in [6.45, 7) is 2.75. The van der Waals surface area contributed by atoms with Gasteiger partial charge in [-0.05, 0) is 29.8 Å². The molecule has 0 bridgehead atoms. The maximum atomic E-state index is 10.9. The standard InChI is InChI=1S/C12H18N2O3S/c1-9(6-13)7-18-8-10-3-4-12(17-2)11(5-10)14(15)16/h3-5,9H,6-8,13H2,1-2H3. The summed E-state index contributed by atoms with van der Waals surface area (Å²) in [6.07, 6.45) is 0. The summed E-state index contributed by atoms with van der Waals surface area (Å²) in [5, 5.41) is 10.9. The van der Waals surface area contributed by atoms with Gasteiger partial charge in [-0.15, -0.1) is 0 Å². The molecule has 0 aliphatic heterocycles. The molecule has 0 spiro atoms. The average molecular weight is 270 g/mol. The van der Waals surface area contributed by atoms with Crippen molar-refractivity contribution in [1.82, 2.24) is 0 Å². The van der Waals surface area contributed by atoms with E-state index in [1.807, 2.05) is 6.07 Å². The Bertz CT molecular complexity index is 412. The van der Waals surface area contributed by atoms with E-state index in [4.69, 9.17) is 10.5 Å². The minimum absolute atomic E-state index is 0.0162. The summed E-state index contributed by atoms with van der Waals surface area (Å²) in [4.78, 5) is 10.4. The molecule has 1 rings (SSSR count). The number of hydrogen-bond donors (Lipinski definition) is 1. The Morgan fingerprint density at radius 3 is 2.83 bits per heavy atom. The van der Waals surface area contributed by atoms with E-state index < -0.39 is 4.92 Å². The second kappa shape index (κ2) is 7.23. The quantitative estimate of drug-likeness (QED) is 0.608. The van der Waals surface area contributed by atoms with Crippen molar-refractivity contribution in [3.8, 4) is 5.75 Å². The van der Waals surface area contributed by atoms with Crippen LogP contribution in [-0.2, 0) is 5.75 Å². The highest BCUT2D eigenvalue weighted by Gasteiger charge is 2.15. The fourth-order valence-electron chi connectivity index (χ4n) is 1.41. The highest BCUT2D eigenvalue weighted by Crippen LogP contribution is 2.29. The third kappa shape index (κ3) is 4.19. The summed E-state index contributed by atoms with van der Waals surface area (Å²) >= 11 is 1.73. The number of benzene rings is 1. The number of nitro groups is 1. The fourth-order valence-corrected chi connectivity index (χ4v) is 2.49. The molecule has 0 heterocycles. The zero-order valence-corrected chi connectivity index (χ0v) is 11.4. The lowest BCUT2D eigenvalue weighted by molar-refractivity contribution is -0.385. The largest absolute Gasteiger partial charge is 0.490 e. The maximum Gasteiger partial charge on any atom is 0.311 e. The van der Waals surface area contributed by atoms with Gasteiger partial charge in [0, 0.05) is 11.8 Å². The monoisotopic (exact) mass is 270 g/mol. The summed E-state index contributed by atoms with van der Waals surface area (Å²) < 4.78 is 4.96. The van der Waals surface area contributed by atoms with Gasteiger partial charge in [0.05, 0.1) is 12.0 Å². The Labute approximate surface area is 111 Å². The van der Waals surface area contributed by atoms with Gasteiger partial charge in [-0.1, -0.05) is 13.0 Å². The van der Waals surface area contributed by atoms with Crippen molar-refractivity contribution in [2.24, 2.45) is 11.7 Å². The van der Waals surface area contributed by atoms with Crippen molar-refractivity contribution in [2.75, 3.05) is 19.4 Å². The number of ether oxygens (including phenoxy) is 1. The molecule has 1 atom stereocenters. The molecule has 0 amide bonds. The van der Waals surface area contributed by atoms with Crippen LogP contribution in [-0.4, -0.2) is 24.3 Å². The van der Waals surface area contributed by atoms with Crippen molar-refractivity contribution in [3.63, 3.8) is 0 Å². The minimum Gasteiger partial charge on any atom is -0.490 e. The van der Waals surface area contributed by atoms with Crippen LogP contribution in [0.25, 0.3) is 0 Å². The minimum atomic E-state index is -0.421. The van der Waals surface area contributed by atoms with Crippen LogP contribution < -0.4 is 10.5 Å². The number of hydrogen-bond acceptors (Lipinski definition) is 5. The number of nitrogens with two attached hydrogens (primary N) is 1. The maximum absolute atomic E-state index is 10.9. The first-order valence-corrected chi connectivity index (χ1v) is 6.83. The Morgan fingerprint density at radius 2 is 2.28 bits per heavy atom. The Hall–Kier alpha value is -1.27. The molecule has 5 nitrogen and oxygen atoms in total. The summed E-state index contributed by atoms with van der Waals surface area (Å²) in [6, 6.07) is 5.06. The number of thioether (sulfide) groups is 1. The molecule has 2 N–H and O–H groups in total. The summed E-state index contributed by atoms with van der Waals surface area (Å²) in [7, 11) is 1.43. The van der Waals surface area contributed by atoms with Crippen LogP contribution in [0.5, 0.6) is 5.75 Å². The molecule has 0 saturated carbocycles. The van der Waals surface area contributed by atoms with E-state index in [-0.39, 0.29) is 5.69 Å². The molecule has 1 unspecified atom stereocenters. The van der Waals surface area contributed by atoms with Gasteiger partial charge in [0.15, 0.2) is 5.75 Å². The van der Waals surface area contributed by atoms with Crippen LogP contribution in [0.3, 0.4) is 0 Å². The lowest BCUT2D eigenvalue weighted by atomic mass is 10.2. The number of methoxy groups -OCH3 is 1. The molecule has 0 fully saturated rings. The normalized spacial score (nSPS) is 12.2. The molecule has 6 heteroatoms. The van der Waals surface area contributed by atoms with Crippen LogP contribution in [0.4, 0.5) is 5.69 Å². The third-order valence-corrected chi connectivity index (χ3v) is 3.86. The molecule has 18 heavy (non-hydrogen) atoms. The molecule has 0 saturated heterocycles. The molecule has 100 valence electrons. The van der Waals surface area contributed by atoms with E-state index in [0.717, 1.165) is 17.1 Å². The van der Waals surface area contributed by atoms with Crippen LogP contribution in [0, 0.1) is 16.0 Å². The summed E-state index contributed by atoms with van der Waals surface area (Å²) in [5.41, 5.74) is 6.48. The second-order valence-electron chi connectivity index (χ2n) is 4.12. The first kappa shape index (κ1) is 14.8. The number of rotatable bonds is 7. The molecule has 0 aliphatic rings. The zero-order valence-electron chi connectivity index (χ0n) is 10.6. The molecule has 1 aromatic carbocycles. The van der Waals surface area contributed by atoms with Crippen molar-refractivity contribution < 1.29 is 9.66 Å². The zero-order chi connectivity index (χ0) is 13.5. The predicted octanol–water partition coefficient (Wildman–Crippen LogP) is 2.43. The first-order valence-electron chi connectivity index (χ1n) is 5.67. The molecule has 0 aliphatic carbocycles. The van der Waals surface area contributed by atoms with Gasteiger partial charge >= 0.3 is 5.69 Å². The smallest absolute Gasteiger partial charge is 0.311 e. The topological polar surface area (TPSA) is 78.4 Å². The van der Waals surface area contributed by atoms with Gasteiger partial charge in [-0.25, -0.2) is 0 Å². The highest BCUT2D eigenvalue weighted by molar-refractivity contribution is 7.98. The SMILES string of the molecule is COc1ccc(CSCC(C)CN)cc1[N+](=O)[O-]. The van der Waals surface area contributed by atoms with Crippen LogP contribution in [0.1, 0.15) is 12.5 Å². The van der Waals surface area contributed by atoms with E-state index in [2.05, 4.69) is 6.92 Å². The van der Waals surface area contributed by atoms with E-state index in [9.17, 15) is 10.1 Å². The fraction of sp³-hybridized carbons (Fsp3) is 0.500. The highest BCUT2D eigenvalue weighted by atomic mass is 32.2. The van der Waals surface area contributed by atoms with Gasteiger partial charge in [0.2, 0.25) is 0 Å². The molecular formula is C12H18N2O3S. The predicted molar refractivity (Wildman–Crippen MR) is 74.0 cm³/mol. The average Bonchev–Trinajstić information content (AvgIpc) is 2.38. The Balaban J connectivity index is 2.67. The first-order chi connectivity index (χ1) is 8.58. The second-order valence-corrected chi connectivity index (χ2v) is 5.15. The number of nitro benzene ring substituents is 1. The number of nitrogens with zero attached hydrogens (tertiary/aromatic N) is 1. The third-order valence-electron chi connectivity index (χ3n) is 2.51. The van der Waals surface area contributed by atoms with E-state index in [1.54, 1.807) is 23.9 Å². The van der Waals surface area contributed by atoms with Crippen molar-refractivity contribution in [1.29, 1.82) is 0 Å². The van der Waals surface area contributed by atoms with Gasteiger partial charge < -0.3 is 10.5 Å². The Morgan fingerprint density at radius 1 is 1.56 bits per heavy atom. The van der Waals surface area contributed by atoms with E-state index in [0.29, 0.717) is 18.2 Å². The molecule has 1 aromatic rings. The van der Waals surface area contributed by atoms with Crippen molar-refractivity contribution in [2.45, 2.75) is 12.7 Å². The van der Waals surface area contributed by atoms with Crippen LogP contribution >= 0.6 is 11.8 Å². The van der Waals surface area contributed by atoms with E-state index in [1.165, 1.54) is 7.11 Å². The van der Waals surface area contributed by atoms with Gasteiger partial charge in [0.25, 0.3) is 0 Å². The molecular weight excluding hydrogens is 252 g/mol. The van der Waals surface area contributed by atoms with Gasteiger partial charge in [-0.3, -0.25) is 10.1 Å². The Kier molecular flexibility index (Phi) is 5.94.